The molecule has 0 heterocycles. The van der Waals surface area contributed by atoms with Crippen LogP contribution in [0, 0.1) is 0 Å². The van der Waals surface area contributed by atoms with Crippen LogP contribution in [0.3, 0.4) is 0 Å². The lowest BCUT2D eigenvalue weighted by Crippen LogP contribution is -2.33. The van der Waals surface area contributed by atoms with Gasteiger partial charge in [-0.15, -0.1) is 0 Å². The molecule has 2 atom stereocenters. The summed E-state index contributed by atoms with van der Waals surface area (Å²) in [7, 11) is 0. The number of aliphatic hydroxyl groups is 1. The van der Waals surface area contributed by atoms with E-state index in [-0.39, 0.29) is 6.04 Å². The van der Waals surface area contributed by atoms with Gasteiger partial charge in [0, 0.05) is 6.04 Å². The van der Waals surface area contributed by atoms with Gasteiger partial charge in [-0.2, -0.15) is 0 Å². The molecule has 3 N–H and O–H groups in total. The van der Waals surface area contributed by atoms with Crippen LogP contribution in [0.25, 0.3) is 10.8 Å². The van der Waals surface area contributed by atoms with Crippen LogP contribution in [0.15, 0.2) is 36.4 Å². The van der Waals surface area contributed by atoms with Gasteiger partial charge in [0.15, 0.2) is 0 Å². The first kappa shape index (κ1) is 8.89. The molecule has 0 saturated heterocycles. The van der Waals surface area contributed by atoms with Gasteiger partial charge in [0.1, 0.15) is 0 Å². The van der Waals surface area contributed by atoms with Crippen LogP contribution in [0.4, 0.5) is 0 Å². The van der Waals surface area contributed by atoms with E-state index in [0.29, 0.717) is 0 Å². The van der Waals surface area contributed by atoms with Crippen LogP contribution in [0.1, 0.15) is 17.2 Å². The molecule has 2 nitrogen and oxygen atoms in total. The van der Waals surface area contributed by atoms with E-state index < -0.39 is 6.10 Å². The second kappa shape index (κ2) is 3.05. The number of hydrogen-bond acceptors (Lipinski definition) is 2. The lowest BCUT2D eigenvalue weighted by Gasteiger charge is -2.27. The quantitative estimate of drug-likeness (QED) is 0.679. The third-order valence-corrected chi connectivity index (χ3v) is 3.20. The van der Waals surface area contributed by atoms with Gasteiger partial charge >= 0.3 is 0 Å². The average molecular weight is 199 g/mol. The molecule has 0 fully saturated rings. The second-order valence-corrected chi connectivity index (χ2v) is 4.18. The third-order valence-electron chi connectivity index (χ3n) is 3.20. The first-order chi connectivity index (χ1) is 7.27. The van der Waals surface area contributed by atoms with Gasteiger partial charge in [-0.1, -0.05) is 36.4 Å². The Morgan fingerprint density at radius 2 is 1.87 bits per heavy atom. The van der Waals surface area contributed by atoms with E-state index in [1.165, 1.54) is 16.3 Å². The molecule has 0 aliphatic heterocycles. The molecule has 2 unspecified atom stereocenters. The van der Waals surface area contributed by atoms with Crippen LogP contribution in [-0.2, 0) is 6.42 Å². The maximum Gasteiger partial charge on any atom is 0.0950 e. The van der Waals surface area contributed by atoms with Crippen LogP contribution in [0.5, 0.6) is 0 Å². The topological polar surface area (TPSA) is 46.2 Å². The summed E-state index contributed by atoms with van der Waals surface area (Å²) in [5.74, 6) is 0. The molecular weight excluding hydrogens is 186 g/mol. The molecule has 1 aliphatic rings. The molecule has 0 amide bonds. The Balaban J connectivity index is 2.41. The summed E-state index contributed by atoms with van der Waals surface area (Å²) in [6, 6.07) is 12.1. The van der Waals surface area contributed by atoms with Crippen LogP contribution >= 0.6 is 0 Å². The van der Waals surface area contributed by atoms with Crippen molar-refractivity contribution >= 4 is 10.8 Å². The molecule has 1 aliphatic carbocycles. The predicted molar refractivity (Wildman–Crippen MR) is 60.6 cm³/mol. The zero-order chi connectivity index (χ0) is 10.4. The van der Waals surface area contributed by atoms with E-state index in [1.807, 2.05) is 18.2 Å². The predicted octanol–water partition coefficient (Wildman–Crippen LogP) is 1.76. The maximum atomic E-state index is 10.0. The molecule has 0 aromatic heterocycles. The Labute approximate surface area is 88.3 Å². The normalized spacial score (nSPS) is 24.4. The Morgan fingerprint density at radius 1 is 1.13 bits per heavy atom. The minimum atomic E-state index is -0.524. The molecule has 2 aromatic rings. The monoisotopic (exact) mass is 199 g/mol. The minimum absolute atomic E-state index is 0.175. The Morgan fingerprint density at radius 3 is 2.67 bits per heavy atom. The van der Waals surface area contributed by atoms with Crippen molar-refractivity contribution in [2.75, 3.05) is 0 Å². The molecule has 0 saturated carbocycles. The van der Waals surface area contributed by atoms with Crippen molar-refractivity contribution in [3.63, 3.8) is 0 Å². The second-order valence-electron chi connectivity index (χ2n) is 4.18. The lowest BCUT2D eigenvalue weighted by atomic mass is 9.84. The summed E-state index contributed by atoms with van der Waals surface area (Å²) < 4.78 is 0. The van der Waals surface area contributed by atoms with Crippen molar-refractivity contribution < 1.29 is 5.11 Å². The third kappa shape index (κ3) is 1.19. The first-order valence-corrected chi connectivity index (χ1v) is 5.21. The molecule has 3 rings (SSSR count). The number of benzene rings is 2. The van der Waals surface area contributed by atoms with Crippen molar-refractivity contribution in [2.24, 2.45) is 5.73 Å². The minimum Gasteiger partial charge on any atom is -0.387 e. The highest BCUT2D eigenvalue weighted by Crippen LogP contribution is 2.34. The van der Waals surface area contributed by atoms with Crippen molar-refractivity contribution in [3.8, 4) is 0 Å². The summed E-state index contributed by atoms with van der Waals surface area (Å²) in [6.45, 7) is 0. The maximum absolute atomic E-state index is 10.0. The van der Waals surface area contributed by atoms with Gasteiger partial charge in [0.2, 0.25) is 0 Å². The lowest BCUT2D eigenvalue weighted by molar-refractivity contribution is 0.144. The van der Waals surface area contributed by atoms with Crippen molar-refractivity contribution in [1.29, 1.82) is 0 Å². The number of hydrogen-bond donors (Lipinski definition) is 2. The summed E-state index contributed by atoms with van der Waals surface area (Å²) in [6.07, 6.45) is 0.235. The van der Waals surface area contributed by atoms with Gasteiger partial charge in [-0.25, -0.2) is 0 Å². The molecular formula is C13H13NO. The summed E-state index contributed by atoms with van der Waals surface area (Å²) in [5, 5.41) is 12.4. The molecule has 0 spiro atoms. The fraction of sp³-hybridized carbons (Fsp3) is 0.231. The molecule has 2 heteroatoms. The van der Waals surface area contributed by atoms with Crippen molar-refractivity contribution in [2.45, 2.75) is 18.6 Å². The highest BCUT2D eigenvalue weighted by Gasteiger charge is 2.25. The average Bonchev–Trinajstić information content (AvgIpc) is 2.26. The van der Waals surface area contributed by atoms with Crippen LogP contribution < -0.4 is 5.73 Å². The number of aliphatic hydroxyl groups excluding tert-OH is 1. The Kier molecular flexibility index (Phi) is 1.81. The fourth-order valence-corrected chi connectivity index (χ4v) is 2.46. The fourth-order valence-electron chi connectivity index (χ4n) is 2.46. The Hall–Kier alpha value is -1.38. The molecule has 0 bridgehead atoms. The van der Waals surface area contributed by atoms with Gasteiger partial charge in [-0.05, 0) is 28.3 Å². The number of nitrogens with two attached hydrogens (primary N) is 1. The zero-order valence-corrected chi connectivity index (χ0v) is 8.35. The van der Waals surface area contributed by atoms with Gasteiger partial charge in [-0.3, -0.25) is 0 Å². The summed E-state index contributed by atoms with van der Waals surface area (Å²) in [5.41, 5.74) is 8.14. The first-order valence-electron chi connectivity index (χ1n) is 5.21. The largest absolute Gasteiger partial charge is 0.387 e. The van der Waals surface area contributed by atoms with E-state index in [4.69, 9.17) is 5.73 Å². The van der Waals surface area contributed by atoms with E-state index in [0.717, 1.165) is 12.0 Å². The van der Waals surface area contributed by atoms with E-state index >= 15 is 0 Å². The molecule has 76 valence electrons. The van der Waals surface area contributed by atoms with Crippen molar-refractivity contribution in [1.82, 2.24) is 0 Å². The van der Waals surface area contributed by atoms with Crippen LogP contribution in [0.2, 0.25) is 0 Å². The van der Waals surface area contributed by atoms with Gasteiger partial charge in [0.25, 0.3) is 0 Å². The van der Waals surface area contributed by atoms with E-state index in [9.17, 15) is 5.11 Å². The smallest absolute Gasteiger partial charge is 0.0950 e. The highest BCUT2D eigenvalue weighted by atomic mass is 16.3. The molecule has 0 radical (unpaired) electrons. The van der Waals surface area contributed by atoms with Gasteiger partial charge < -0.3 is 10.8 Å². The number of rotatable bonds is 0. The summed E-state index contributed by atoms with van der Waals surface area (Å²) >= 11 is 0. The molecule has 15 heavy (non-hydrogen) atoms. The standard InChI is InChI=1S/C13H13NO/c14-11-7-9-5-1-3-8-4-2-6-10(12(8)9)13(11)15/h1-6,11,13,15H,7,14H2. The van der Waals surface area contributed by atoms with Crippen molar-refractivity contribution in [3.05, 3.63) is 47.5 Å². The van der Waals surface area contributed by atoms with E-state index in [1.54, 1.807) is 0 Å². The van der Waals surface area contributed by atoms with E-state index in [2.05, 4.69) is 18.2 Å². The SMILES string of the molecule is NC1Cc2cccc3cccc(c23)C1O. The molecule has 2 aromatic carbocycles. The summed E-state index contributed by atoms with van der Waals surface area (Å²) in [4.78, 5) is 0. The zero-order valence-electron chi connectivity index (χ0n) is 8.35. The Bertz CT molecular complexity index is 516. The van der Waals surface area contributed by atoms with Gasteiger partial charge in [0.05, 0.1) is 6.10 Å². The van der Waals surface area contributed by atoms with Crippen LogP contribution in [-0.4, -0.2) is 11.1 Å². The highest BCUT2D eigenvalue weighted by molar-refractivity contribution is 5.90.